The lowest BCUT2D eigenvalue weighted by molar-refractivity contribution is 0.0706. The van der Waals surface area contributed by atoms with E-state index in [1.807, 2.05) is 41.9 Å². The molecule has 0 aliphatic heterocycles. The molecule has 112 valence electrons. The van der Waals surface area contributed by atoms with Gasteiger partial charge in [-0.05, 0) is 30.3 Å². The maximum atomic E-state index is 11.5. The molecule has 2 aromatic carbocycles. The molecule has 3 aromatic rings. The third-order valence-corrected chi connectivity index (χ3v) is 3.56. The number of aryl methyl sites for hydroxylation is 1. The number of fused-ring (bicyclic) bond motifs is 1. The van der Waals surface area contributed by atoms with E-state index in [1.54, 1.807) is 23.7 Å². The van der Waals surface area contributed by atoms with Crippen molar-refractivity contribution in [3.8, 4) is 0 Å². The van der Waals surface area contributed by atoms with Gasteiger partial charge in [0.2, 0.25) is 0 Å². The third-order valence-electron chi connectivity index (χ3n) is 3.56. The SMILES string of the molecule is Cn1c(CNc2ccccc2)nc2ccc(C(=O)NO)cc21. The Hall–Kier alpha value is -2.86. The fourth-order valence-corrected chi connectivity index (χ4v) is 2.34. The van der Waals surface area contributed by atoms with E-state index < -0.39 is 5.91 Å². The van der Waals surface area contributed by atoms with Gasteiger partial charge in [0.1, 0.15) is 5.82 Å². The number of nitrogens with zero attached hydrogens (tertiary/aromatic N) is 2. The molecule has 6 nitrogen and oxygen atoms in total. The molecule has 0 aliphatic rings. The maximum absolute atomic E-state index is 11.5. The van der Waals surface area contributed by atoms with Gasteiger partial charge in [0.05, 0.1) is 17.6 Å². The van der Waals surface area contributed by atoms with Crippen LogP contribution in [0.25, 0.3) is 11.0 Å². The van der Waals surface area contributed by atoms with Crippen LogP contribution in [0.4, 0.5) is 5.69 Å². The predicted octanol–water partition coefficient (Wildman–Crippen LogP) is 2.30. The van der Waals surface area contributed by atoms with Crippen molar-refractivity contribution in [2.24, 2.45) is 7.05 Å². The second-order valence-corrected chi connectivity index (χ2v) is 4.95. The van der Waals surface area contributed by atoms with E-state index in [0.717, 1.165) is 22.5 Å². The van der Waals surface area contributed by atoms with Crippen molar-refractivity contribution in [2.45, 2.75) is 6.54 Å². The van der Waals surface area contributed by atoms with Crippen molar-refractivity contribution in [3.05, 3.63) is 59.9 Å². The smallest absolute Gasteiger partial charge is 0.274 e. The number of amides is 1. The minimum Gasteiger partial charge on any atom is -0.378 e. The lowest BCUT2D eigenvalue weighted by atomic mass is 10.2. The standard InChI is InChI=1S/C16H16N4O2/c1-20-14-9-11(16(21)19-22)7-8-13(14)18-15(20)10-17-12-5-3-2-4-6-12/h2-9,17,22H,10H2,1H3,(H,19,21). The zero-order valence-corrected chi connectivity index (χ0v) is 12.1. The van der Waals surface area contributed by atoms with E-state index >= 15 is 0 Å². The average Bonchev–Trinajstić information content (AvgIpc) is 2.89. The Bertz CT molecular complexity index is 812. The van der Waals surface area contributed by atoms with Crippen molar-refractivity contribution < 1.29 is 10.0 Å². The number of rotatable bonds is 4. The van der Waals surface area contributed by atoms with Gasteiger partial charge in [-0.1, -0.05) is 18.2 Å². The summed E-state index contributed by atoms with van der Waals surface area (Å²) in [6.45, 7) is 0.580. The molecule has 1 aromatic heterocycles. The molecule has 0 aliphatic carbocycles. The molecule has 0 atom stereocenters. The molecule has 0 unspecified atom stereocenters. The quantitative estimate of drug-likeness (QED) is 0.510. The first-order valence-corrected chi connectivity index (χ1v) is 6.88. The first-order chi connectivity index (χ1) is 10.7. The third kappa shape index (κ3) is 2.64. The Morgan fingerprint density at radius 3 is 2.73 bits per heavy atom. The van der Waals surface area contributed by atoms with Crippen LogP contribution in [0.3, 0.4) is 0 Å². The van der Waals surface area contributed by atoms with E-state index in [0.29, 0.717) is 12.1 Å². The summed E-state index contributed by atoms with van der Waals surface area (Å²) >= 11 is 0. The van der Waals surface area contributed by atoms with E-state index in [4.69, 9.17) is 5.21 Å². The average molecular weight is 296 g/mol. The zero-order valence-electron chi connectivity index (χ0n) is 12.1. The van der Waals surface area contributed by atoms with Crippen molar-refractivity contribution >= 4 is 22.6 Å². The Balaban J connectivity index is 1.88. The molecule has 1 heterocycles. The fraction of sp³-hybridized carbons (Fsp3) is 0.125. The van der Waals surface area contributed by atoms with Crippen LogP contribution < -0.4 is 10.8 Å². The van der Waals surface area contributed by atoms with Gasteiger partial charge in [-0.15, -0.1) is 0 Å². The van der Waals surface area contributed by atoms with E-state index in [9.17, 15) is 4.79 Å². The topological polar surface area (TPSA) is 79.2 Å². The first-order valence-electron chi connectivity index (χ1n) is 6.88. The van der Waals surface area contributed by atoms with Crippen LogP contribution in [0.2, 0.25) is 0 Å². The van der Waals surface area contributed by atoms with Gasteiger partial charge in [0.15, 0.2) is 0 Å². The molecule has 1 amide bonds. The molecule has 0 fully saturated rings. The number of carbonyl (C=O) groups excluding carboxylic acids is 1. The minimum absolute atomic E-state index is 0.389. The number of hydrogen-bond acceptors (Lipinski definition) is 4. The molecule has 0 spiro atoms. The molecule has 6 heteroatoms. The van der Waals surface area contributed by atoms with Crippen molar-refractivity contribution in [1.29, 1.82) is 0 Å². The Kier molecular flexibility index (Phi) is 3.76. The van der Waals surface area contributed by atoms with Gasteiger partial charge >= 0.3 is 0 Å². The van der Waals surface area contributed by atoms with Crippen molar-refractivity contribution in [1.82, 2.24) is 15.0 Å². The van der Waals surface area contributed by atoms with E-state index in [2.05, 4.69) is 10.3 Å². The summed E-state index contributed by atoms with van der Waals surface area (Å²) in [5, 5.41) is 12.0. The molecule has 22 heavy (non-hydrogen) atoms. The zero-order chi connectivity index (χ0) is 15.5. The van der Waals surface area contributed by atoms with Gasteiger partial charge in [0, 0.05) is 18.3 Å². The maximum Gasteiger partial charge on any atom is 0.274 e. The summed E-state index contributed by atoms with van der Waals surface area (Å²) < 4.78 is 1.93. The number of hydrogen-bond donors (Lipinski definition) is 3. The summed E-state index contributed by atoms with van der Waals surface area (Å²) in [5.41, 5.74) is 4.70. The monoisotopic (exact) mass is 296 g/mol. The van der Waals surface area contributed by atoms with Gasteiger partial charge in [-0.25, -0.2) is 10.5 Å². The van der Waals surface area contributed by atoms with Crippen molar-refractivity contribution in [3.63, 3.8) is 0 Å². The number of benzene rings is 2. The summed E-state index contributed by atoms with van der Waals surface area (Å²) in [4.78, 5) is 16.0. The lowest BCUT2D eigenvalue weighted by Gasteiger charge is -2.06. The normalized spacial score (nSPS) is 10.6. The number of nitrogens with one attached hydrogen (secondary N) is 2. The molecule has 3 N–H and O–H groups in total. The highest BCUT2D eigenvalue weighted by Crippen LogP contribution is 2.18. The Labute approximate surface area is 127 Å². The molecule has 0 bridgehead atoms. The van der Waals surface area contributed by atoms with Crippen LogP contribution in [0, 0.1) is 0 Å². The molecule has 3 rings (SSSR count). The molecular weight excluding hydrogens is 280 g/mol. The largest absolute Gasteiger partial charge is 0.378 e. The van der Waals surface area contributed by atoms with Gasteiger partial charge < -0.3 is 9.88 Å². The van der Waals surface area contributed by atoms with Crippen LogP contribution >= 0.6 is 0 Å². The number of hydroxylamine groups is 1. The van der Waals surface area contributed by atoms with E-state index in [-0.39, 0.29) is 0 Å². The summed E-state index contributed by atoms with van der Waals surface area (Å²) in [7, 11) is 1.90. The number of para-hydroxylation sites is 1. The van der Waals surface area contributed by atoms with Crippen LogP contribution in [0.15, 0.2) is 48.5 Å². The van der Waals surface area contributed by atoms with Crippen LogP contribution in [0.1, 0.15) is 16.2 Å². The highest BCUT2D eigenvalue weighted by molar-refractivity contribution is 5.96. The Morgan fingerprint density at radius 1 is 1.23 bits per heavy atom. The first kappa shape index (κ1) is 14.1. The number of anilines is 1. The Morgan fingerprint density at radius 2 is 2.00 bits per heavy atom. The highest BCUT2D eigenvalue weighted by Gasteiger charge is 2.11. The second-order valence-electron chi connectivity index (χ2n) is 4.95. The summed E-state index contributed by atoms with van der Waals surface area (Å²) in [6.07, 6.45) is 0. The minimum atomic E-state index is -0.535. The summed E-state index contributed by atoms with van der Waals surface area (Å²) in [5.74, 6) is 0.326. The predicted molar refractivity (Wildman–Crippen MR) is 83.7 cm³/mol. The van der Waals surface area contributed by atoms with Crippen molar-refractivity contribution in [2.75, 3.05) is 5.32 Å². The molecule has 0 saturated heterocycles. The number of aromatic nitrogens is 2. The fourth-order valence-electron chi connectivity index (χ4n) is 2.34. The van der Waals surface area contributed by atoms with Crippen LogP contribution in [-0.2, 0) is 13.6 Å². The molecule has 0 saturated carbocycles. The van der Waals surface area contributed by atoms with Gasteiger partial charge in [0.25, 0.3) is 5.91 Å². The van der Waals surface area contributed by atoms with Gasteiger partial charge in [-0.3, -0.25) is 10.0 Å². The molecular formula is C16H16N4O2. The lowest BCUT2D eigenvalue weighted by Crippen LogP contribution is -2.18. The number of imidazole rings is 1. The molecule has 0 radical (unpaired) electrons. The van der Waals surface area contributed by atoms with Gasteiger partial charge in [-0.2, -0.15) is 0 Å². The van der Waals surface area contributed by atoms with Crippen LogP contribution in [-0.4, -0.2) is 20.7 Å². The second kappa shape index (κ2) is 5.87. The van der Waals surface area contributed by atoms with Crippen LogP contribution in [0.5, 0.6) is 0 Å². The summed E-state index contributed by atoms with van der Waals surface area (Å²) in [6, 6.07) is 15.0. The van der Waals surface area contributed by atoms with E-state index in [1.165, 1.54) is 0 Å². The highest BCUT2D eigenvalue weighted by atomic mass is 16.5. The number of carbonyl (C=O) groups is 1.